The molecule has 0 spiro atoms. The third-order valence-corrected chi connectivity index (χ3v) is 4.24. The van der Waals surface area contributed by atoms with Crippen LogP contribution in [0.5, 0.6) is 0 Å². The zero-order chi connectivity index (χ0) is 14.5. The number of halogens is 1. The zero-order valence-electron chi connectivity index (χ0n) is 11.4. The van der Waals surface area contributed by atoms with Crippen LogP contribution in [0.1, 0.15) is 18.9 Å². The standard InChI is InChI=1S/C13H17ClN4OS/c1-3-6-18-12(19)16-17-13(18)20-11-5-4-9(8-15-2)7-10(11)14/h4-5,7,15H,3,6,8H2,1-2H3,(H,16,19). The van der Waals surface area contributed by atoms with E-state index in [2.05, 4.69) is 15.5 Å². The maximum Gasteiger partial charge on any atom is 0.343 e. The molecule has 0 saturated heterocycles. The molecule has 1 heterocycles. The van der Waals surface area contributed by atoms with Gasteiger partial charge in [0.2, 0.25) is 0 Å². The van der Waals surface area contributed by atoms with Crippen LogP contribution >= 0.6 is 23.4 Å². The monoisotopic (exact) mass is 312 g/mol. The van der Waals surface area contributed by atoms with E-state index in [4.69, 9.17) is 11.6 Å². The number of nitrogens with zero attached hydrogens (tertiary/aromatic N) is 2. The quantitative estimate of drug-likeness (QED) is 0.860. The summed E-state index contributed by atoms with van der Waals surface area (Å²) in [5, 5.41) is 10.9. The highest BCUT2D eigenvalue weighted by Crippen LogP contribution is 2.32. The molecule has 5 nitrogen and oxygen atoms in total. The smallest absolute Gasteiger partial charge is 0.316 e. The average molecular weight is 313 g/mol. The van der Waals surface area contributed by atoms with Gasteiger partial charge in [-0.3, -0.25) is 4.57 Å². The molecule has 0 bridgehead atoms. The minimum absolute atomic E-state index is 0.183. The Morgan fingerprint density at radius 2 is 2.30 bits per heavy atom. The number of hydrogen-bond acceptors (Lipinski definition) is 4. The Labute approximate surface area is 126 Å². The molecular weight excluding hydrogens is 296 g/mol. The van der Waals surface area contributed by atoms with Gasteiger partial charge in [-0.2, -0.15) is 0 Å². The fraction of sp³-hybridized carbons (Fsp3) is 0.385. The molecule has 0 aliphatic rings. The van der Waals surface area contributed by atoms with Crippen molar-refractivity contribution in [3.63, 3.8) is 0 Å². The molecule has 0 fully saturated rings. The first-order chi connectivity index (χ1) is 9.65. The fourth-order valence-electron chi connectivity index (χ4n) is 1.84. The average Bonchev–Trinajstić information content (AvgIpc) is 2.75. The summed E-state index contributed by atoms with van der Waals surface area (Å²) < 4.78 is 1.63. The summed E-state index contributed by atoms with van der Waals surface area (Å²) in [6, 6.07) is 5.89. The summed E-state index contributed by atoms with van der Waals surface area (Å²) >= 11 is 7.67. The van der Waals surface area contributed by atoms with E-state index in [0.717, 1.165) is 23.4 Å². The lowest BCUT2D eigenvalue weighted by Gasteiger charge is -2.07. The summed E-state index contributed by atoms with van der Waals surface area (Å²) in [5.74, 6) is 0. The lowest BCUT2D eigenvalue weighted by molar-refractivity contribution is 0.604. The van der Waals surface area contributed by atoms with Gasteiger partial charge in [-0.1, -0.05) is 24.6 Å². The van der Waals surface area contributed by atoms with E-state index in [-0.39, 0.29) is 5.69 Å². The Hall–Kier alpha value is -1.24. The number of aromatic nitrogens is 3. The summed E-state index contributed by atoms with van der Waals surface area (Å²) in [5.41, 5.74) is 0.937. The second kappa shape index (κ2) is 6.97. The third kappa shape index (κ3) is 3.45. The van der Waals surface area contributed by atoms with E-state index in [1.54, 1.807) is 4.57 Å². The highest BCUT2D eigenvalue weighted by molar-refractivity contribution is 7.99. The van der Waals surface area contributed by atoms with E-state index >= 15 is 0 Å². The van der Waals surface area contributed by atoms with Crippen LogP contribution in [0.15, 0.2) is 33.0 Å². The van der Waals surface area contributed by atoms with Gasteiger partial charge in [0.15, 0.2) is 5.16 Å². The number of benzene rings is 1. The first kappa shape index (κ1) is 15.2. The largest absolute Gasteiger partial charge is 0.343 e. The van der Waals surface area contributed by atoms with Gasteiger partial charge in [-0.05, 0) is 42.9 Å². The van der Waals surface area contributed by atoms with Gasteiger partial charge in [-0.25, -0.2) is 9.89 Å². The third-order valence-electron chi connectivity index (χ3n) is 2.75. The molecule has 2 aromatic rings. The highest BCUT2D eigenvalue weighted by atomic mass is 35.5. The van der Waals surface area contributed by atoms with Crippen LogP contribution in [0.2, 0.25) is 5.02 Å². The molecule has 0 saturated carbocycles. The van der Waals surface area contributed by atoms with Crippen LogP contribution in [0.4, 0.5) is 0 Å². The molecule has 0 atom stereocenters. The maximum atomic E-state index is 11.6. The van der Waals surface area contributed by atoms with Crippen molar-refractivity contribution in [2.75, 3.05) is 7.05 Å². The van der Waals surface area contributed by atoms with Crippen molar-refractivity contribution < 1.29 is 0 Å². The van der Waals surface area contributed by atoms with Crippen molar-refractivity contribution in [2.45, 2.75) is 36.5 Å². The van der Waals surface area contributed by atoms with Gasteiger partial charge in [0.05, 0.1) is 5.02 Å². The molecule has 1 aromatic heterocycles. The predicted molar refractivity (Wildman–Crippen MR) is 81.5 cm³/mol. The molecule has 1 aromatic carbocycles. The molecule has 0 amide bonds. The van der Waals surface area contributed by atoms with Crippen LogP contribution in [0.25, 0.3) is 0 Å². The molecular formula is C13H17ClN4OS. The van der Waals surface area contributed by atoms with Crippen molar-refractivity contribution in [1.29, 1.82) is 0 Å². The minimum Gasteiger partial charge on any atom is -0.316 e. The van der Waals surface area contributed by atoms with Crippen LogP contribution in [0, 0.1) is 0 Å². The Kier molecular flexibility index (Phi) is 5.28. The van der Waals surface area contributed by atoms with Crippen LogP contribution in [-0.2, 0) is 13.1 Å². The molecule has 0 aliphatic heterocycles. The number of aromatic amines is 1. The summed E-state index contributed by atoms with van der Waals surface area (Å²) in [4.78, 5) is 12.5. The molecule has 2 N–H and O–H groups in total. The molecule has 0 aliphatic carbocycles. The number of hydrogen-bond donors (Lipinski definition) is 2. The van der Waals surface area contributed by atoms with Crippen LogP contribution < -0.4 is 11.0 Å². The van der Waals surface area contributed by atoms with Crippen molar-refractivity contribution >= 4 is 23.4 Å². The Bertz CT molecular complexity index is 638. The van der Waals surface area contributed by atoms with E-state index in [1.165, 1.54) is 11.8 Å². The SMILES string of the molecule is CCCn1c(Sc2ccc(CNC)cc2Cl)n[nH]c1=O. The molecule has 2 rings (SSSR count). The predicted octanol–water partition coefficient (Wildman–Crippen LogP) is 2.51. The van der Waals surface area contributed by atoms with Crippen molar-refractivity contribution in [3.05, 3.63) is 39.3 Å². The van der Waals surface area contributed by atoms with Crippen molar-refractivity contribution in [3.8, 4) is 0 Å². The van der Waals surface area contributed by atoms with Gasteiger partial charge in [-0.15, -0.1) is 5.10 Å². The van der Waals surface area contributed by atoms with Crippen molar-refractivity contribution in [1.82, 2.24) is 20.1 Å². The van der Waals surface area contributed by atoms with E-state index in [9.17, 15) is 4.79 Å². The van der Waals surface area contributed by atoms with Crippen LogP contribution in [0.3, 0.4) is 0 Å². The molecule has 0 radical (unpaired) electrons. The summed E-state index contributed by atoms with van der Waals surface area (Å²) in [7, 11) is 1.89. The molecule has 20 heavy (non-hydrogen) atoms. The van der Waals surface area contributed by atoms with Crippen molar-refractivity contribution in [2.24, 2.45) is 0 Å². The van der Waals surface area contributed by atoms with Gasteiger partial charge < -0.3 is 5.32 Å². The first-order valence-corrected chi connectivity index (χ1v) is 7.61. The normalized spacial score (nSPS) is 10.9. The van der Waals surface area contributed by atoms with Gasteiger partial charge in [0.1, 0.15) is 0 Å². The minimum atomic E-state index is -0.183. The Balaban J connectivity index is 2.24. The summed E-state index contributed by atoms with van der Waals surface area (Å²) in [6.45, 7) is 3.44. The molecule has 0 unspecified atom stereocenters. The van der Waals surface area contributed by atoms with Gasteiger partial charge >= 0.3 is 5.69 Å². The van der Waals surface area contributed by atoms with Crippen LogP contribution in [-0.4, -0.2) is 21.8 Å². The number of rotatable bonds is 6. The highest BCUT2D eigenvalue weighted by Gasteiger charge is 2.11. The van der Waals surface area contributed by atoms with Gasteiger partial charge in [0, 0.05) is 18.0 Å². The first-order valence-electron chi connectivity index (χ1n) is 6.41. The van der Waals surface area contributed by atoms with Gasteiger partial charge in [0.25, 0.3) is 0 Å². The Morgan fingerprint density at radius 1 is 1.50 bits per heavy atom. The maximum absolute atomic E-state index is 11.6. The lowest BCUT2D eigenvalue weighted by Crippen LogP contribution is -2.17. The van der Waals surface area contributed by atoms with E-state index < -0.39 is 0 Å². The molecule has 7 heteroatoms. The lowest BCUT2D eigenvalue weighted by atomic mass is 10.2. The fourth-order valence-corrected chi connectivity index (χ4v) is 3.03. The second-order valence-electron chi connectivity index (χ2n) is 4.36. The van der Waals surface area contributed by atoms with E-state index in [1.807, 2.05) is 32.2 Å². The number of nitrogens with one attached hydrogen (secondary N) is 2. The second-order valence-corrected chi connectivity index (χ2v) is 5.78. The topological polar surface area (TPSA) is 62.7 Å². The number of H-pyrrole nitrogens is 1. The Morgan fingerprint density at radius 3 is 2.95 bits per heavy atom. The van der Waals surface area contributed by atoms with E-state index in [0.29, 0.717) is 16.7 Å². The summed E-state index contributed by atoms with van der Waals surface area (Å²) in [6.07, 6.45) is 0.877. The molecule has 108 valence electrons. The zero-order valence-corrected chi connectivity index (χ0v) is 13.0.